The van der Waals surface area contributed by atoms with E-state index in [1.165, 1.54) is 0 Å². The van der Waals surface area contributed by atoms with Crippen LogP contribution in [-0.4, -0.2) is 50.5 Å². The van der Waals surface area contributed by atoms with E-state index in [-0.39, 0.29) is 24.3 Å². The van der Waals surface area contributed by atoms with Gasteiger partial charge in [0.1, 0.15) is 5.76 Å². The predicted molar refractivity (Wildman–Crippen MR) is 92.1 cm³/mol. The van der Waals surface area contributed by atoms with E-state index in [0.29, 0.717) is 19.5 Å². The summed E-state index contributed by atoms with van der Waals surface area (Å²) in [7, 11) is 1.87. The van der Waals surface area contributed by atoms with Gasteiger partial charge in [0.15, 0.2) is 0 Å². The highest BCUT2D eigenvalue weighted by Gasteiger charge is 2.36. The molecule has 136 valence electrons. The lowest BCUT2D eigenvalue weighted by atomic mass is 9.92. The van der Waals surface area contributed by atoms with E-state index < -0.39 is 0 Å². The first kappa shape index (κ1) is 17.7. The molecule has 1 saturated heterocycles. The largest absolute Gasteiger partial charge is 0.396 e. The number of carbonyl (C=O) groups excluding carboxylic acids is 1. The highest BCUT2D eigenvalue weighted by atomic mass is 16.5. The van der Waals surface area contributed by atoms with Crippen LogP contribution in [0.15, 0.2) is 16.9 Å². The number of hydrogen-bond acceptors (Lipinski definition) is 5. The van der Waals surface area contributed by atoms with Gasteiger partial charge in [-0.25, -0.2) is 0 Å². The van der Waals surface area contributed by atoms with E-state index in [0.717, 1.165) is 35.4 Å². The van der Waals surface area contributed by atoms with Crippen LogP contribution in [0.25, 0.3) is 0 Å². The van der Waals surface area contributed by atoms with Gasteiger partial charge in [0.05, 0.1) is 18.3 Å². The Kier molecular flexibility index (Phi) is 5.22. The Morgan fingerprint density at radius 1 is 1.36 bits per heavy atom. The summed E-state index contributed by atoms with van der Waals surface area (Å²) < 4.78 is 7.12. The Bertz CT molecular complexity index is 715. The summed E-state index contributed by atoms with van der Waals surface area (Å²) >= 11 is 0. The quantitative estimate of drug-likeness (QED) is 0.852. The molecule has 3 heterocycles. The summed E-state index contributed by atoms with van der Waals surface area (Å²) in [6, 6.07) is 0. The molecule has 1 fully saturated rings. The Morgan fingerprint density at radius 3 is 2.76 bits per heavy atom. The van der Waals surface area contributed by atoms with Gasteiger partial charge in [-0.1, -0.05) is 19.0 Å². The highest BCUT2D eigenvalue weighted by Crippen LogP contribution is 2.32. The summed E-state index contributed by atoms with van der Waals surface area (Å²) in [5.41, 5.74) is 2.87. The number of rotatable bonds is 6. The van der Waals surface area contributed by atoms with Crippen molar-refractivity contribution in [2.75, 3.05) is 19.7 Å². The van der Waals surface area contributed by atoms with Crippen molar-refractivity contribution < 1.29 is 14.4 Å². The van der Waals surface area contributed by atoms with Gasteiger partial charge in [0, 0.05) is 56.8 Å². The van der Waals surface area contributed by atoms with Gasteiger partial charge in [-0.3, -0.25) is 9.48 Å². The predicted octanol–water partition coefficient (Wildman–Crippen LogP) is 1.31. The molecule has 1 N–H and O–H groups in total. The van der Waals surface area contributed by atoms with Crippen molar-refractivity contribution >= 4 is 5.91 Å². The molecule has 0 unspecified atom stereocenters. The Balaban J connectivity index is 1.74. The van der Waals surface area contributed by atoms with E-state index in [9.17, 15) is 9.90 Å². The van der Waals surface area contributed by atoms with E-state index in [4.69, 9.17) is 4.52 Å². The van der Waals surface area contributed by atoms with Crippen LogP contribution in [0.1, 0.15) is 42.3 Å². The topological polar surface area (TPSA) is 84.4 Å². The van der Waals surface area contributed by atoms with Gasteiger partial charge >= 0.3 is 0 Å². The molecule has 1 aliphatic rings. The van der Waals surface area contributed by atoms with Crippen molar-refractivity contribution in [2.24, 2.45) is 13.0 Å². The van der Waals surface area contributed by atoms with Crippen LogP contribution in [0.3, 0.4) is 0 Å². The first-order chi connectivity index (χ1) is 12.1. The lowest BCUT2D eigenvalue weighted by Crippen LogP contribution is -2.31. The fourth-order valence-corrected chi connectivity index (χ4v) is 3.67. The van der Waals surface area contributed by atoms with E-state index in [1.807, 2.05) is 38.2 Å². The van der Waals surface area contributed by atoms with Gasteiger partial charge in [0.2, 0.25) is 5.91 Å². The first-order valence-corrected chi connectivity index (χ1v) is 8.90. The van der Waals surface area contributed by atoms with Crippen LogP contribution in [0.2, 0.25) is 0 Å². The molecule has 7 heteroatoms. The summed E-state index contributed by atoms with van der Waals surface area (Å²) in [5, 5.41) is 18.0. The molecule has 0 radical (unpaired) electrons. The lowest BCUT2D eigenvalue weighted by molar-refractivity contribution is -0.129. The highest BCUT2D eigenvalue weighted by molar-refractivity contribution is 5.79. The monoisotopic (exact) mass is 346 g/mol. The SMILES string of the molecule is CCc1noc(CC)c1CC(=O)N1C[C@@H](CO)[C@H](c2cnn(C)c2)C1. The standard InChI is InChI=1S/C18H26N4O3/c1-4-16-14(17(5-2)25-20-16)6-18(24)22-9-13(11-23)15(10-22)12-7-19-21(3)8-12/h7-8,13,15,23H,4-6,9-11H2,1-3H3/t13-,15-/m0/s1. The van der Waals surface area contributed by atoms with Crippen LogP contribution in [0, 0.1) is 5.92 Å². The van der Waals surface area contributed by atoms with Gasteiger partial charge in [0.25, 0.3) is 0 Å². The van der Waals surface area contributed by atoms with Gasteiger partial charge < -0.3 is 14.5 Å². The van der Waals surface area contributed by atoms with Crippen molar-refractivity contribution in [3.05, 3.63) is 35.0 Å². The number of likely N-dealkylation sites (tertiary alicyclic amines) is 1. The summed E-state index contributed by atoms with van der Waals surface area (Å²) in [6.45, 7) is 5.27. The van der Waals surface area contributed by atoms with Gasteiger partial charge in [-0.2, -0.15) is 5.10 Å². The average molecular weight is 346 g/mol. The first-order valence-electron chi connectivity index (χ1n) is 8.90. The van der Waals surface area contributed by atoms with E-state index in [2.05, 4.69) is 10.3 Å². The summed E-state index contributed by atoms with van der Waals surface area (Å²) in [6.07, 6.45) is 5.59. The minimum absolute atomic E-state index is 0.0481. The zero-order valence-corrected chi connectivity index (χ0v) is 15.1. The molecule has 0 aromatic carbocycles. The Labute approximate surface area is 147 Å². The number of hydrogen-bond donors (Lipinski definition) is 1. The minimum Gasteiger partial charge on any atom is -0.396 e. The van der Waals surface area contributed by atoms with Gasteiger partial charge in [-0.15, -0.1) is 0 Å². The molecule has 2 aromatic rings. The van der Waals surface area contributed by atoms with Crippen molar-refractivity contribution in [3.63, 3.8) is 0 Å². The van der Waals surface area contributed by atoms with Crippen molar-refractivity contribution in [1.82, 2.24) is 19.8 Å². The number of aliphatic hydroxyl groups is 1. The zero-order valence-electron chi connectivity index (χ0n) is 15.1. The van der Waals surface area contributed by atoms with Crippen LogP contribution >= 0.6 is 0 Å². The number of nitrogens with zero attached hydrogens (tertiary/aromatic N) is 4. The molecular formula is C18H26N4O3. The third-order valence-corrected chi connectivity index (χ3v) is 5.12. The third-order valence-electron chi connectivity index (χ3n) is 5.12. The van der Waals surface area contributed by atoms with E-state index in [1.54, 1.807) is 4.68 Å². The maximum absolute atomic E-state index is 12.8. The maximum atomic E-state index is 12.8. The van der Waals surface area contributed by atoms with Crippen molar-refractivity contribution in [2.45, 2.75) is 39.0 Å². The number of aliphatic hydroxyl groups excluding tert-OH is 1. The normalized spacial score (nSPS) is 20.4. The number of aromatic nitrogens is 3. The fraction of sp³-hybridized carbons (Fsp3) is 0.611. The molecule has 0 saturated carbocycles. The van der Waals surface area contributed by atoms with Crippen LogP contribution in [0.4, 0.5) is 0 Å². The molecule has 25 heavy (non-hydrogen) atoms. The van der Waals surface area contributed by atoms with Crippen LogP contribution in [0.5, 0.6) is 0 Å². The number of carbonyl (C=O) groups is 1. The molecule has 0 aliphatic carbocycles. The lowest BCUT2D eigenvalue weighted by Gasteiger charge is -2.16. The molecule has 2 atom stereocenters. The Morgan fingerprint density at radius 2 is 2.16 bits per heavy atom. The minimum atomic E-state index is 0.0481. The molecule has 2 aromatic heterocycles. The molecule has 0 bridgehead atoms. The smallest absolute Gasteiger partial charge is 0.227 e. The maximum Gasteiger partial charge on any atom is 0.227 e. The van der Waals surface area contributed by atoms with Crippen molar-refractivity contribution in [3.8, 4) is 0 Å². The second-order valence-electron chi connectivity index (χ2n) is 6.71. The molecule has 0 spiro atoms. The van der Waals surface area contributed by atoms with Gasteiger partial charge in [-0.05, 0) is 12.0 Å². The molecule has 7 nitrogen and oxygen atoms in total. The second kappa shape index (κ2) is 7.39. The second-order valence-corrected chi connectivity index (χ2v) is 6.71. The third kappa shape index (κ3) is 3.46. The number of aryl methyl sites for hydroxylation is 3. The van der Waals surface area contributed by atoms with Crippen LogP contribution < -0.4 is 0 Å². The zero-order chi connectivity index (χ0) is 18.0. The van der Waals surface area contributed by atoms with E-state index >= 15 is 0 Å². The summed E-state index contributed by atoms with van der Waals surface area (Å²) in [5.74, 6) is 1.04. The number of amides is 1. The average Bonchev–Trinajstić information content (AvgIpc) is 3.31. The Hall–Kier alpha value is -2.15. The van der Waals surface area contributed by atoms with Crippen molar-refractivity contribution in [1.29, 1.82) is 0 Å². The molecular weight excluding hydrogens is 320 g/mol. The van der Waals surface area contributed by atoms with Crippen LogP contribution in [-0.2, 0) is 31.1 Å². The molecule has 1 aliphatic heterocycles. The summed E-state index contributed by atoms with van der Waals surface area (Å²) in [4.78, 5) is 14.7. The molecule has 3 rings (SSSR count). The molecule has 1 amide bonds. The fourth-order valence-electron chi connectivity index (χ4n) is 3.67.